The Morgan fingerprint density at radius 1 is 0.346 bits per heavy atom. The molecule has 1 spiro atoms. The molecule has 0 aliphatic heterocycles. The van der Waals surface area contributed by atoms with Crippen molar-refractivity contribution in [2.75, 3.05) is 0 Å². The molecule has 2 aliphatic carbocycles. The number of hydrogen-bond donors (Lipinski definition) is 0. The van der Waals surface area contributed by atoms with E-state index in [0.717, 1.165) is 28.1 Å². The van der Waals surface area contributed by atoms with Gasteiger partial charge < -0.3 is 0 Å². The van der Waals surface area contributed by atoms with Crippen LogP contribution in [-0.2, 0) is 10.8 Å². The minimum absolute atomic E-state index is 0.121. The van der Waals surface area contributed by atoms with Crippen molar-refractivity contribution >= 4 is 0 Å². The van der Waals surface area contributed by atoms with Crippen molar-refractivity contribution in [1.82, 2.24) is 9.97 Å². The van der Waals surface area contributed by atoms with Crippen molar-refractivity contribution in [1.29, 1.82) is 0 Å². The Morgan fingerprint density at radius 3 is 1.37 bits per heavy atom. The third kappa shape index (κ3) is 4.37. The van der Waals surface area contributed by atoms with Gasteiger partial charge in [0.25, 0.3) is 0 Å². The summed E-state index contributed by atoms with van der Waals surface area (Å²) in [7, 11) is 0. The SMILES string of the molecule is CC1(C)c2ccccc2C2(c3ccccc3-c3c(-c4ccc(-c5nc(-c6ccccc6)cc(-c6ccccc6)n5)cc4)cccc32)c2ccccc21. The van der Waals surface area contributed by atoms with Crippen LogP contribution in [0.2, 0.25) is 0 Å². The molecule has 0 fully saturated rings. The summed E-state index contributed by atoms with van der Waals surface area (Å²) >= 11 is 0. The van der Waals surface area contributed by atoms with Gasteiger partial charge in [-0.05, 0) is 61.7 Å². The van der Waals surface area contributed by atoms with E-state index in [9.17, 15) is 0 Å². The maximum atomic E-state index is 5.09. The van der Waals surface area contributed by atoms with Gasteiger partial charge in [-0.25, -0.2) is 9.97 Å². The minimum Gasteiger partial charge on any atom is -0.228 e. The summed E-state index contributed by atoms with van der Waals surface area (Å²) in [5.74, 6) is 0.715. The summed E-state index contributed by atoms with van der Waals surface area (Å²) in [5, 5.41) is 0. The molecule has 52 heavy (non-hydrogen) atoms. The lowest BCUT2D eigenvalue weighted by Gasteiger charge is -2.46. The highest BCUT2D eigenvalue weighted by molar-refractivity contribution is 5.96. The Hall–Kier alpha value is -6.38. The molecule has 0 bridgehead atoms. The second-order valence-corrected chi connectivity index (χ2v) is 14.5. The number of rotatable bonds is 4. The van der Waals surface area contributed by atoms with Crippen molar-refractivity contribution < 1.29 is 0 Å². The lowest BCUT2D eigenvalue weighted by Crippen LogP contribution is -2.40. The molecule has 2 aliphatic rings. The molecule has 2 nitrogen and oxygen atoms in total. The van der Waals surface area contributed by atoms with Gasteiger partial charge in [0.2, 0.25) is 0 Å². The van der Waals surface area contributed by atoms with E-state index in [1.165, 1.54) is 55.6 Å². The normalized spacial score (nSPS) is 14.3. The third-order valence-corrected chi connectivity index (χ3v) is 11.4. The fourth-order valence-corrected chi connectivity index (χ4v) is 9.04. The van der Waals surface area contributed by atoms with Crippen LogP contribution in [0.5, 0.6) is 0 Å². The zero-order valence-electron chi connectivity index (χ0n) is 29.2. The molecule has 8 aromatic rings. The highest BCUT2D eigenvalue weighted by Crippen LogP contribution is 2.63. The largest absolute Gasteiger partial charge is 0.228 e. The van der Waals surface area contributed by atoms with Crippen LogP contribution in [0, 0.1) is 0 Å². The molecule has 7 aromatic carbocycles. The van der Waals surface area contributed by atoms with Crippen LogP contribution < -0.4 is 0 Å². The van der Waals surface area contributed by atoms with E-state index < -0.39 is 5.41 Å². The van der Waals surface area contributed by atoms with Gasteiger partial charge in [0.1, 0.15) is 0 Å². The quantitative estimate of drug-likeness (QED) is 0.187. The van der Waals surface area contributed by atoms with E-state index in [2.05, 4.69) is 184 Å². The summed E-state index contributed by atoms with van der Waals surface area (Å²) < 4.78 is 0. The zero-order valence-corrected chi connectivity index (χ0v) is 29.2. The highest BCUT2D eigenvalue weighted by Gasteiger charge is 2.53. The molecule has 2 heteroatoms. The second kappa shape index (κ2) is 11.6. The Kier molecular flexibility index (Phi) is 6.78. The molecule has 246 valence electrons. The van der Waals surface area contributed by atoms with Crippen molar-refractivity contribution in [2.45, 2.75) is 24.7 Å². The molecular weight excluding hydrogens is 629 g/mol. The smallest absolute Gasteiger partial charge is 0.160 e. The summed E-state index contributed by atoms with van der Waals surface area (Å²) in [5.41, 5.74) is 17.7. The first-order valence-corrected chi connectivity index (χ1v) is 18.1. The molecule has 1 aromatic heterocycles. The van der Waals surface area contributed by atoms with Gasteiger partial charge in [-0.1, -0.05) is 190 Å². The number of benzene rings is 7. The van der Waals surface area contributed by atoms with Crippen molar-refractivity contribution in [3.63, 3.8) is 0 Å². The third-order valence-electron chi connectivity index (χ3n) is 11.4. The molecule has 10 rings (SSSR count). The number of hydrogen-bond acceptors (Lipinski definition) is 2. The highest BCUT2D eigenvalue weighted by atomic mass is 14.9. The van der Waals surface area contributed by atoms with Crippen molar-refractivity contribution in [3.8, 4) is 56.2 Å². The second-order valence-electron chi connectivity index (χ2n) is 14.5. The predicted molar refractivity (Wildman–Crippen MR) is 213 cm³/mol. The van der Waals surface area contributed by atoms with Crippen molar-refractivity contribution in [3.05, 3.63) is 215 Å². The molecular formula is C50H36N2. The summed E-state index contributed by atoms with van der Waals surface area (Å²) in [6, 6.07) is 65.9. The van der Waals surface area contributed by atoms with Crippen LogP contribution in [-0.4, -0.2) is 9.97 Å². The summed E-state index contributed by atoms with van der Waals surface area (Å²) in [6.45, 7) is 4.75. The number of nitrogens with zero attached hydrogens (tertiary/aromatic N) is 2. The van der Waals surface area contributed by atoms with Gasteiger partial charge in [0.05, 0.1) is 16.8 Å². The Bertz CT molecular complexity index is 2530. The average molecular weight is 665 g/mol. The summed E-state index contributed by atoms with van der Waals surface area (Å²) in [4.78, 5) is 10.2. The predicted octanol–water partition coefficient (Wildman–Crippen LogP) is 12.1. The Balaban J connectivity index is 1.15. The molecule has 0 atom stereocenters. The topological polar surface area (TPSA) is 25.8 Å². The van der Waals surface area contributed by atoms with E-state index in [4.69, 9.17) is 9.97 Å². The van der Waals surface area contributed by atoms with E-state index in [0.29, 0.717) is 5.82 Å². The molecule has 0 saturated heterocycles. The molecule has 0 saturated carbocycles. The van der Waals surface area contributed by atoms with E-state index in [1.54, 1.807) is 0 Å². The maximum Gasteiger partial charge on any atom is 0.160 e. The fraction of sp³-hybridized carbons (Fsp3) is 0.0800. The van der Waals surface area contributed by atoms with Gasteiger partial charge in [0.15, 0.2) is 5.82 Å². The molecule has 1 heterocycles. The van der Waals surface area contributed by atoms with Gasteiger partial charge in [-0.2, -0.15) is 0 Å². The number of fused-ring (bicyclic) bond motifs is 9. The van der Waals surface area contributed by atoms with Gasteiger partial charge >= 0.3 is 0 Å². The first-order chi connectivity index (χ1) is 25.5. The standard InChI is InChI=1S/C50H36N2/c1-49(2)40-23-11-13-25-42(40)50(43-26-14-12-24-41(43)49)39-22-10-9-20-38(39)47-37(21-15-27-44(47)50)33-28-30-36(31-29-33)48-51-45(34-16-5-3-6-17-34)32-46(52-48)35-18-7-4-8-19-35/h3-32H,1-2H3. The monoisotopic (exact) mass is 664 g/mol. The average Bonchev–Trinajstić information content (AvgIpc) is 3.52. The summed E-state index contributed by atoms with van der Waals surface area (Å²) in [6.07, 6.45) is 0. The van der Waals surface area contributed by atoms with Crippen LogP contribution in [0.4, 0.5) is 0 Å². The van der Waals surface area contributed by atoms with Crippen LogP contribution in [0.3, 0.4) is 0 Å². The van der Waals surface area contributed by atoms with Crippen LogP contribution in [0.15, 0.2) is 182 Å². The molecule has 0 unspecified atom stereocenters. The maximum absolute atomic E-state index is 5.09. The molecule has 0 amide bonds. The first kappa shape index (κ1) is 30.4. The Labute approximate surface area is 305 Å². The van der Waals surface area contributed by atoms with Crippen LogP contribution in [0.1, 0.15) is 47.2 Å². The lowest BCUT2D eigenvalue weighted by molar-refractivity contribution is 0.563. The van der Waals surface area contributed by atoms with Gasteiger partial charge in [-0.15, -0.1) is 0 Å². The first-order valence-electron chi connectivity index (χ1n) is 18.1. The Morgan fingerprint density at radius 2 is 0.788 bits per heavy atom. The van der Waals surface area contributed by atoms with E-state index in [-0.39, 0.29) is 5.41 Å². The van der Waals surface area contributed by atoms with E-state index >= 15 is 0 Å². The lowest BCUT2D eigenvalue weighted by atomic mass is 9.55. The van der Waals surface area contributed by atoms with Gasteiger partial charge in [0, 0.05) is 22.1 Å². The number of aromatic nitrogens is 2. The van der Waals surface area contributed by atoms with Crippen molar-refractivity contribution in [2.24, 2.45) is 0 Å². The van der Waals surface area contributed by atoms with Crippen LogP contribution >= 0.6 is 0 Å². The van der Waals surface area contributed by atoms with Gasteiger partial charge in [-0.3, -0.25) is 0 Å². The van der Waals surface area contributed by atoms with Crippen LogP contribution in [0.25, 0.3) is 56.2 Å². The zero-order chi connectivity index (χ0) is 34.9. The molecule has 0 radical (unpaired) electrons. The van der Waals surface area contributed by atoms with E-state index in [1.807, 2.05) is 12.1 Å². The fourth-order valence-electron chi connectivity index (χ4n) is 9.04. The minimum atomic E-state index is -0.413. The molecule has 0 N–H and O–H groups in total.